The maximum Gasteiger partial charge on any atom is 0.245 e. The summed E-state index contributed by atoms with van der Waals surface area (Å²) in [6.07, 6.45) is 1.94. The molecule has 1 aliphatic heterocycles. The minimum Gasteiger partial charge on any atom is -0.339 e. The van der Waals surface area contributed by atoms with E-state index in [4.69, 9.17) is 23.2 Å². The van der Waals surface area contributed by atoms with Gasteiger partial charge in [-0.15, -0.1) is 0 Å². The van der Waals surface area contributed by atoms with Crippen molar-refractivity contribution in [1.29, 1.82) is 0 Å². The molecule has 1 amide bonds. The van der Waals surface area contributed by atoms with Gasteiger partial charge in [-0.1, -0.05) is 43.6 Å². The van der Waals surface area contributed by atoms with E-state index in [2.05, 4.69) is 6.58 Å². The second kappa shape index (κ2) is 7.65. The second-order valence-electron chi connectivity index (χ2n) is 4.23. The highest BCUT2D eigenvalue weighted by molar-refractivity contribution is 6.42. The van der Waals surface area contributed by atoms with E-state index in [0.29, 0.717) is 30.1 Å². The fraction of sp³-hybridized carbons (Fsp3) is 0.400. The molecule has 0 spiro atoms. The predicted octanol–water partition coefficient (Wildman–Crippen LogP) is 4.66. The molecule has 110 valence electrons. The van der Waals surface area contributed by atoms with Crippen LogP contribution in [0.15, 0.2) is 24.8 Å². The molecule has 0 radical (unpaired) electrons. The fourth-order valence-electron chi connectivity index (χ4n) is 2.24. The van der Waals surface area contributed by atoms with Crippen LogP contribution < -0.4 is 0 Å². The highest BCUT2D eigenvalue weighted by Crippen LogP contribution is 2.37. The number of carbonyl (C=O) groups is 1. The van der Waals surface area contributed by atoms with Gasteiger partial charge in [-0.05, 0) is 24.6 Å². The molecule has 0 aromatic heterocycles. The maximum atomic E-state index is 13.8. The molecule has 0 saturated carbocycles. The molecule has 0 aliphatic carbocycles. The summed E-state index contributed by atoms with van der Waals surface area (Å²) in [5.41, 5.74) is 0.406. The van der Waals surface area contributed by atoms with Gasteiger partial charge < -0.3 is 4.90 Å². The van der Waals surface area contributed by atoms with E-state index in [0.717, 1.165) is 0 Å². The summed E-state index contributed by atoms with van der Waals surface area (Å²) in [6, 6.07) is 2.74. The van der Waals surface area contributed by atoms with Crippen molar-refractivity contribution in [3.05, 3.63) is 46.2 Å². The van der Waals surface area contributed by atoms with E-state index in [-0.39, 0.29) is 22.7 Å². The van der Waals surface area contributed by atoms with E-state index in [1.165, 1.54) is 18.2 Å². The van der Waals surface area contributed by atoms with Crippen LogP contribution in [0.4, 0.5) is 4.39 Å². The zero-order valence-electron chi connectivity index (χ0n) is 11.6. The molecule has 1 aromatic carbocycles. The van der Waals surface area contributed by atoms with Crippen molar-refractivity contribution in [3.63, 3.8) is 0 Å². The first-order valence-corrected chi connectivity index (χ1v) is 7.35. The molecule has 0 bridgehead atoms. The van der Waals surface area contributed by atoms with Gasteiger partial charge in [0.25, 0.3) is 0 Å². The minimum absolute atomic E-state index is 0.111. The Bertz CT molecular complexity index is 505. The minimum atomic E-state index is -0.373. The molecule has 1 atom stereocenters. The van der Waals surface area contributed by atoms with E-state index in [1.807, 2.05) is 13.8 Å². The van der Waals surface area contributed by atoms with Crippen LogP contribution in [0, 0.1) is 5.82 Å². The van der Waals surface area contributed by atoms with Crippen LogP contribution >= 0.6 is 23.2 Å². The number of halogens is 3. The van der Waals surface area contributed by atoms with Crippen LogP contribution in [0.5, 0.6) is 0 Å². The van der Waals surface area contributed by atoms with Crippen LogP contribution in [-0.4, -0.2) is 23.9 Å². The third kappa shape index (κ3) is 3.53. The zero-order chi connectivity index (χ0) is 15.3. The predicted molar refractivity (Wildman–Crippen MR) is 81.9 cm³/mol. The summed E-state index contributed by atoms with van der Waals surface area (Å²) in [6.45, 7) is 8.47. The SMILES string of the molecule is C=CC(=O)N1CCC(c2c(F)ccc(Cl)c2Cl)C1.CC. The van der Waals surface area contributed by atoms with Crippen LogP contribution in [0.25, 0.3) is 0 Å². The van der Waals surface area contributed by atoms with Gasteiger partial charge in [0, 0.05) is 24.6 Å². The molecule has 1 unspecified atom stereocenters. The topological polar surface area (TPSA) is 20.3 Å². The Kier molecular flexibility index (Phi) is 6.50. The summed E-state index contributed by atoms with van der Waals surface area (Å²) in [7, 11) is 0. The Morgan fingerprint density at radius 2 is 2.10 bits per heavy atom. The number of hydrogen-bond donors (Lipinski definition) is 0. The third-order valence-corrected chi connectivity index (χ3v) is 3.98. The quantitative estimate of drug-likeness (QED) is 0.574. The van der Waals surface area contributed by atoms with Crippen molar-refractivity contribution in [3.8, 4) is 0 Å². The standard InChI is InChI=1S/C13H12Cl2FNO.C2H6/c1-2-11(18)17-6-5-8(7-17)12-10(16)4-3-9(14)13(12)15;1-2/h2-4,8H,1,5-7H2;1-2H3. The molecule has 1 aromatic rings. The average Bonchev–Trinajstić information content (AvgIpc) is 2.94. The average molecular weight is 318 g/mol. The van der Waals surface area contributed by atoms with Gasteiger partial charge in [0.1, 0.15) is 5.82 Å². The van der Waals surface area contributed by atoms with Crippen molar-refractivity contribution < 1.29 is 9.18 Å². The zero-order valence-corrected chi connectivity index (χ0v) is 13.1. The van der Waals surface area contributed by atoms with Crippen LogP contribution in [0.1, 0.15) is 31.7 Å². The lowest BCUT2D eigenvalue weighted by Crippen LogP contribution is -2.26. The van der Waals surface area contributed by atoms with E-state index in [1.54, 1.807) is 4.90 Å². The van der Waals surface area contributed by atoms with Crippen LogP contribution in [0.3, 0.4) is 0 Å². The number of nitrogens with zero attached hydrogens (tertiary/aromatic N) is 1. The van der Waals surface area contributed by atoms with E-state index >= 15 is 0 Å². The summed E-state index contributed by atoms with van der Waals surface area (Å²) in [5, 5.41) is 0.580. The highest BCUT2D eigenvalue weighted by Gasteiger charge is 2.30. The lowest BCUT2D eigenvalue weighted by atomic mass is 9.98. The molecule has 2 nitrogen and oxygen atoms in total. The van der Waals surface area contributed by atoms with E-state index in [9.17, 15) is 9.18 Å². The van der Waals surface area contributed by atoms with Crippen molar-refractivity contribution in [1.82, 2.24) is 4.90 Å². The summed E-state index contributed by atoms with van der Waals surface area (Å²) in [4.78, 5) is 13.1. The first-order chi connectivity index (χ1) is 9.54. The molecule has 2 rings (SSSR count). The number of amides is 1. The molecule has 5 heteroatoms. The number of carbonyl (C=O) groups excluding carboxylic acids is 1. The molecule has 0 N–H and O–H groups in total. The number of rotatable bonds is 2. The lowest BCUT2D eigenvalue weighted by Gasteiger charge is -2.16. The van der Waals surface area contributed by atoms with Gasteiger partial charge in [-0.3, -0.25) is 4.79 Å². The Hall–Kier alpha value is -1.06. The maximum absolute atomic E-state index is 13.8. The van der Waals surface area contributed by atoms with Crippen molar-refractivity contribution in [2.45, 2.75) is 26.2 Å². The Balaban J connectivity index is 0.000000956. The summed E-state index contributed by atoms with van der Waals surface area (Å²) < 4.78 is 13.8. The number of likely N-dealkylation sites (tertiary alicyclic amines) is 1. The fourth-order valence-corrected chi connectivity index (χ4v) is 2.71. The van der Waals surface area contributed by atoms with Gasteiger partial charge >= 0.3 is 0 Å². The molecular weight excluding hydrogens is 300 g/mol. The monoisotopic (exact) mass is 317 g/mol. The largest absolute Gasteiger partial charge is 0.339 e. The van der Waals surface area contributed by atoms with Gasteiger partial charge in [-0.2, -0.15) is 0 Å². The Morgan fingerprint density at radius 1 is 1.45 bits per heavy atom. The third-order valence-electron chi connectivity index (χ3n) is 3.16. The molecule has 1 saturated heterocycles. The molecule has 1 heterocycles. The first-order valence-electron chi connectivity index (χ1n) is 6.59. The molecular formula is C15H18Cl2FNO. The van der Waals surface area contributed by atoms with E-state index < -0.39 is 0 Å². The number of hydrogen-bond acceptors (Lipinski definition) is 1. The first kappa shape index (κ1) is 17.0. The van der Waals surface area contributed by atoms with Crippen molar-refractivity contribution >= 4 is 29.1 Å². The van der Waals surface area contributed by atoms with Crippen LogP contribution in [0.2, 0.25) is 10.0 Å². The van der Waals surface area contributed by atoms with Gasteiger partial charge in [-0.25, -0.2) is 4.39 Å². The summed E-state index contributed by atoms with van der Waals surface area (Å²) >= 11 is 11.9. The smallest absolute Gasteiger partial charge is 0.245 e. The normalized spacial score (nSPS) is 17.4. The Morgan fingerprint density at radius 3 is 2.70 bits per heavy atom. The van der Waals surface area contributed by atoms with Gasteiger partial charge in [0.2, 0.25) is 5.91 Å². The Labute approximate surface area is 129 Å². The molecule has 1 fully saturated rings. The highest BCUT2D eigenvalue weighted by atomic mass is 35.5. The lowest BCUT2D eigenvalue weighted by molar-refractivity contribution is -0.125. The van der Waals surface area contributed by atoms with Crippen molar-refractivity contribution in [2.24, 2.45) is 0 Å². The molecule has 1 aliphatic rings. The molecule has 20 heavy (non-hydrogen) atoms. The second-order valence-corrected chi connectivity index (χ2v) is 5.02. The number of benzene rings is 1. The summed E-state index contributed by atoms with van der Waals surface area (Å²) in [5.74, 6) is -0.626. The van der Waals surface area contributed by atoms with Crippen molar-refractivity contribution in [2.75, 3.05) is 13.1 Å². The van der Waals surface area contributed by atoms with Gasteiger partial charge in [0.15, 0.2) is 0 Å². The van der Waals surface area contributed by atoms with Gasteiger partial charge in [0.05, 0.1) is 10.0 Å². The van der Waals surface area contributed by atoms with Crippen LogP contribution in [-0.2, 0) is 4.79 Å².